The number of nitrogens with zero attached hydrogens (tertiary/aromatic N) is 5. The van der Waals surface area contributed by atoms with Crippen LogP contribution in [0.2, 0.25) is 0 Å². The summed E-state index contributed by atoms with van der Waals surface area (Å²) in [6, 6.07) is 10.3. The quantitative estimate of drug-likeness (QED) is 0.698. The molecule has 152 valence electrons. The van der Waals surface area contributed by atoms with Gasteiger partial charge in [-0.05, 0) is 50.6 Å². The van der Waals surface area contributed by atoms with Crippen LogP contribution in [0.4, 0.5) is 0 Å². The van der Waals surface area contributed by atoms with E-state index in [2.05, 4.69) is 38.4 Å². The molecular formula is C22H28N6O. The molecule has 0 radical (unpaired) electrons. The second-order valence-corrected chi connectivity index (χ2v) is 7.81. The van der Waals surface area contributed by atoms with E-state index in [0.29, 0.717) is 19.0 Å². The zero-order chi connectivity index (χ0) is 20.2. The van der Waals surface area contributed by atoms with Crippen LogP contribution in [0.3, 0.4) is 0 Å². The van der Waals surface area contributed by atoms with E-state index >= 15 is 0 Å². The maximum Gasteiger partial charge on any atom is 0.216 e. The number of carbonyl (C=O) groups excluding carboxylic acids is 1. The zero-order valence-electron chi connectivity index (χ0n) is 17.1. The molecule has 29 heavy (non-hydrogen) atoms. The third-order valence-corrected chi connectivity index (χ3v) is 5.46. The molecule has 7 nitrogen and oxygen atoms in total. The first-order valence-corrected chi connectivity index (χ1v) is 10.3. The lowest BCUT2D eigenvalue weighted by Crippen LogP contribution is -2.34. The number of pyridine rings is 2. The van der Waals surface area contributed by atoms with E-state index in [-0.39, 0.29) is 5.91 Å². The Kier molecular flexibility index (Phi) is 5.85. The van der Waals surface area contributed by atoms with Crippen LogP contribution in [0, 0.1) is 6.92 Å². The topological polar surface area (TPSA) is 75.9 Å². The Bertz CT molecular complexity index is 998. The number of hydrogen-bond acceptors (Lipinski definition) is 5. The lowest BCUT2D eigenvalue weighted by molar-refractivity contribution is -0.118. The summed E-state index contributed by atoms with van der Waals surface area (Å²) in [6.45, 7) is 7.68. The van der Waals surface area contributed by atoms with Crippen LogP contribution in [0.15, 0.2) is 36.5 Å². The molecule has 4 rings (SSSR count). The Labute approximate surface area is 171 Å². The molecule has 4 heterocycles. The number of likely N-dealkylation sites (tertiary alicyclic amines) is 1. The molecule has 1 aliphatic heterocycles. The van der Waals surface area contributed by atoms with Gasteiger partial charge in [-0.1, -0.05) is 6.07 Å². The van der Waals surface area contributed by atoms with Gasteiger partial charge in [-0.15, -0.1) is 0 Å². The molecule has 1 amide bonds. The first-order chi connectivity index (χ1) is 14.1. The van der Waals surface area contributed by atoms with Gasteiger partial charge >= 0.3 is 0 Å². The molecule has 7 heteroatoms. The highest BCUT2D eigenvalue weighted by atomic mass is 16.1. The monoisotopic (exact) mass is 392 g/mol. The van der Waals surface area contributed by atoms with E-state index in [9.17, 15) is 4.79 Å². The van der Waals surface area contributed by atoms with Gasteiger partial charge in [-0.2, -0.15) is 5.10 Å². The molecule has 0 bridgehead atoms. The van der Waals surface area contributed by atoms with Gasteiger partial charge in [0.2, 0.25) is 5.91 Å². The van der Waals surface area contributed by atoms with Crippen LogP contribution >= 0.6 is 0 Å². The van der Waals surface area contributed by atoms with Crippen molar-refractivity contribution in [2.24, 2.45) is 0 Å². The molecule has 1 N–H and O–H groups in total. The van der Waals surface area contributed by atoms with Crippen molar-refractivity contribution in [3.8, 4) is 0 Å². The average Bonchev–Trinajstić information content (AvgIpc) is 3.07. The third-order valence-electron chi connectivity index (χ3n) is 5.46. The van der Waals surface area contributed by atoms with E-state index in [1.54, 1.807) is 6.20 Å². The molecule has 1 atom stereocenters. The van der Waals surface area contributed by atoms with Crippen LogP contribution in [-0.4, -0.2) is 50.2 Å². The maximum atomic E-state index is 11.2. The molecule has 0 spiro atoms. The van der Waals surface area contributed by atoms with Crippen molar-refractivity contribution in [1.29, 1.82) is 0 Å². The van der Waals surface area contributed by atoms with Crippen molar-refractivity contribution in [3.05, 3.63) is 53.6 Å². The van der Waals surface area contributed by atoms with Crippen molar-refractivity contribution in [3.63, 3.8) is 0 Å². The summed E-state index contributed by atoms with van der Waals surface area (Å²) in [5, 5.41) is 8.89. The van der Waals surface area contributed by atoms with Gasteiger partial charge in [0.05, 0.1) is 17.9 Å². The number of nitrogens with one attached hydrogen (secondary N) is 1. The Balaban J connectivity index is 1.53. The summed E-state index contributed by atoms with van der Waals surface area (Å²) in [4.78, 5) is 22.9. The first kappa shape index (κ1) is 19.5. The van der Waals surface area contributed by atoms with Gasteiger partial charge in [0.1, 0.15) is 0 Å². The highest BCUT2D eigenvalue weighted by Crippen LogP contribution is 2.31. The summed E-state index contributed by atoms with van der Waals surface area (Å²) in [6.07, 6.45) is 4.08. The summed E-state index contributed by atoms with van der Waals surface area (Å²) in [5.74, 6) is 0.351. The molecule has 0 saturated carbocycles. The van der Waals surface area contributed by atoms with Crippen LogP contribution in [0.25, 0.3) is 11.0 Å². The Morgan fingerprint density at radius 1 is 1.28 bits per heavy atom. The van der Waals surface area contributed by atoms with Crippen LogP contribution < -0.4 is 5.32 Å². The molecule has 1 unspecified atom stereocenters. The summed E-state index contributed by atoms with van der Waals surface area (Å²) in [7, 11) is 0. The van der Waals surface area contributed by atoms with E-state index in [1.807, 2.05) is 23.7 Å². The lowest BCUT2D eigenvalue weighted by Gasteiger charge is -2.31. The summed E-state index contributed by atoms with van der Waals surface area (Å²) in [5.41, 5.74) is 4.20. The van der Waals surface area contributed by atoms with Crippen molar-refractivity contribution < 1.29 is 4.79 Å². The maximum absolute atomic E-state index is 11.2. The van der Waals surface area contributed by atoms with Crippen molar-refractivity contribution >= 4 is 16.9 Å². The fourth-order valence-corrected chi connectivity index (χ4v) is 4.17. The molecule has 0 aromatic carbocycles. The average molecular weight is 393 g/mol. The first-order valence-electron chi connectivity index (χ1n) is 10.3. The molecule has 0 aliphatic carbocycles. The predicted molar refractivity (Wildman–Crippen MR) is 112 cm³/mol. The van der Waals surface area contributed by atoms with Crippen molar-refractivity contribution in [2.75, 3.05) is 19.6 Å². The van der Waals surface area contributed by atoms with Crippen LogP contribution in [0.1, 0.15) is 42.8 Å². The number of rotatable bonds is 6. The lowest BCUT2D eigenvalue weighted by atomic mass is 9.93. The summed E-state index contributed by atoms with van der Waals surface area (Å²) < 4.78 is 1.93. The van der Waals surface area contributed by atoms with Gasteiger partial charge in [0, 0.05) is 49.8 Å². The number of carbonyl (C=O) groups is 1. The molecule has 3 aromatic rings. The minimum absolute atomic E-state index is 0.0256. The van der Waals surface area contributed by atoms with Gasteiger partial charge in [0.15, 0.2) is 5.65 Å². The number of amides is 1. The second kappa shape index (κ2) is 8.69. The van der Waals surface area contributed by atoms with E-state index < -0.39 is 0 Å². The number of fused-ring (bicyclic) bond motifs is 1. The van der Waals surface area contributed by atoms with Crippen LogP contribution in [0.5, 0.6) is 0 Å². The molecule has 1 fully saturated rings. The van der Waals surface area contributed by atoms with Crippen LogP contribution in [-0.2, 0) is 17.9 Å². The van der Waals surface area contributed by atoms with E-state index in [1.165, 1.54) is 6.92 Å². The highest BCUT2D eigenvalue weighted by molar-refractivity contribution is 5.79. The fourth-order valence-electron chi connectivity index (χ4n) is 4.17. The van der Waals surface area contributed by atoms with Crippen molar-refractivity contribution in [1.82, 2.24) is 30.0 Å². The number of piperidine rings is 1. The molecule has 1 aliphatic rings. The second-order valence-electron chi connectivity index (χ2n) is 7.81. The number of aryl methyl sites for hydroxylation is 1. The van der Waals surface area contributed by atoms with Crippen molar-refractivity contribution in [2.45, 2.75) is 45.7 Å². The molecular weight excluding hydrogens is 364 g/mol. The van der Waals surface area contributed by atoms with E-state index in [0.717, 1.165) is 60.6 Å². The highest BCUT2D eigenvalue weighted by Gasteiger charge is 2.26. The smallest absolute Gasteiger partial charge is 0.216 e. The standard InChI is InChI=1S/C22H28N6O/c1-16-6-3-8-19(25-16)15-27-12-5-7-18(14-27)21-20-9-4-10-24-22(20)28(26-21)13-11-23-17(2)29/h3-4,6,8-10,18H,5,7,11-15H2,1-2H3,(H,23,29). The normalized spacial score (nSPS) is 17.5. The minimum Gasteiger partial charge on any atom is -0.354 e. The van der Waals surface area contributed by atoms with Gasteiger partial charge in [-0.25, -0.2) is 9.67 Å². The van der Waals surface area contributed by atoms with E-state index in [4.69, 9.17) is 5.10 Å². The largest absolute Gasteiger partial charge is 0.354 e. The molecule has 3 aromatic heterocycles. The Morgan fingerprint density at radius 3 is 3.00 bits per heavy atom. The zero-order valence-corrected chi connectivity index (χ0v) is 17.1. The minimum atomic E-state index is -0.0256. The molecule has 1 saturated heterocycles. The number of hydrogen-bond donors (Lipinski definition) is 1. The van der Waals surface area contributed by atoms with Gasteiger partial charge in [-0.3, -0.25) is 14.7 Å². The SMILES string of the molecule is CC(=O)NCCn1nc(C2CCCN(Cc3cccc(C)n3)C2)c2cccnc21. The van der Waals surface area contributed by atoms with Gasteiger partial charge < -0.3 is 5.32 Å². The Morgan fingerprint density at radius 2 is 2.17 bits per heavy atom. The fraction of sp³-hybridized carbons (Fsp3) is 0.455. The third kappa shape index (κ3) is 4.62. The Hall–Kier alpha value is -2.80. The van der Waals surface area contributed by atoms with Gasteiger partial charge in [0.25, 0.3) is 0 Å². The number of aromatic nitrogens is 4. The predicted octanol–water partition coefficient (Wildman–Crippen LogP) is 2.65. The summed E-state index contributed by atoms with van der Waals surface area (Å²) >= 11 is 0.